The summed E-state index contributed by atoms with van der Waals surface area (Å²) in [5.41, 5.74) is 2.10. The molecule has 1 aromatic carbocycles. The Morgan fingerprint density at radius 2 is 2.12 bits per heavy atom. The Hall–Kier alpha value is -1.06. The number of hydrogen-bond donors (Lipinski definition) is 2. The maximum absolute atomic E-state index is 9.85. The third-order valence-corrected chi connectivity index (χ3v) is 3.00. The lowest BCUT2D eigenvalue weighted by atomic mass is 10.0. The number of phenolic OH excluding ortho intramolecular Hbond substituents is 1. The molecule has 17 heavy (non-hydrogen) atoms. The third-order valence-electron chi connectivity index (χ3n) is 3.00. The first kappa shape index (κ1) is 14.0. The van der Waals surface area contributed by atoms with Crippen molar-refractivity contribution in [2.75, 3.05) is 13.7 Å². The molecule has 2 atom stereocenters. The highest BCUT2D eigenvalue weighted by Crippen LogP contribution is 2.25. The standard InChI is InChI=1S/C14H23NO2/c1-5-12(9-17-4)15-11(3)13-8-10(2)6-7-14(13)16/h6-8,11-12,15-16H,5,9H2,1-4H3. The molecule has 0 bridgehead atoms. The summed E-state index contributed by atoms with van der Waals surface area (Å²) in [7, 11) is 1.71. The van der Waals surface area contributed by atoms with Crippen molar-refractivity contribution in [3.8, 4) is 5.75 Å². The van der Waals surface area contributed by atoms with Crippen LogP contribution in [-0.4, -0.2) is 24.9 Å². The van der Waals surface area contributed by atoms with Gasteiger partial charge in [0.1, 0.15) is 5.75 Å². The minimum atomic E-state index is 0.120. The fourth-order valence-corrected chi connectivity index (χ4v) is 1.95. The Morgan fingerprint density at radius 1 is 1.41 bits per heavy atom. The van der Waals surface area contributed by atoms with E-state index in [9.17, 15) is 5.11 Å². The fraction of sp³-hybridized carbons (Fsp3) is 0.571. The van der Waals surface area contributed by atoms with E-state index >= 15 is 0 Å². The Kier molecular flexibility index (Phi) is 5.45. The van der Waals surface area contributed by atoms with Gasteiger partial charge >= 0.3 is 0 Å². The number of phenols is 1. The smallest absolute Gasteiger partial charge is 0.120 e. The normalized spacial score (nSPS) is 14.6. The molecule has 0 radical (unpaired) electrons. The number of benzene rings is 1. The summed E-state index contributed by atoms with van der Waals surface area (Å²) in [6.07, 6.45) is 1.00. The van der Waals surface area contributed by atoms with E-state index in [2.05, 4.69) is 19.2 Å². The molecule has 1 rings (SSSR count). The third kappa shape index (κ3) is 4.02. The monoisotopic (exact) mass is 237 g/mol. The van der Waals surface area contributed by atoms with E-state index in [1.165, 1.54) is 0 Å². The number of nitrogens with one attached hydrogen (secondary N) is 1. The van der Waals surface area contributed by atoms with Gasteiger partial charge in [-0.25, -0.2) is 0 Å². The van der Waals surface area contributed by atoms with Gasteiger partial charge in [-0.2, -0.15) is 0 Å². The van der Waals surface area contributed by atoms with Gasteiger partial charge in [0.05, 0.1) is 6.61 Å². The van der Waals surface area contributed by atoms with Crippen molar-refractivity contribution < 1.29 is 9.84 Å². The molecule has 3 nitrogen and oxygen atoms in total. The van der Waals surface area contributed by atoms with Gasteiger partial charge in [0.2, 0.25) is 0 Å². The predicted molar refractivity (Wildman–Crippen MR) is 70.3 cm³/mol. The summed E-state index contributed by atoms with van der Waals surface area (Å²) in [5, 5.41) is 13.3. The van der Waals surface area contributed by atoms with Gasteiger partial charge in [-0.3, -0.25) is 0 Å². The first-order valence-electron chi connectivity index (χ1n) is 6.13. The van der Waals surface area contributed by atoms with Crippen LogP contribution >= 0.6 is 0 Å². The van der Waals surface area contributed by atoms with Crippen molar-refractivity contribution in [3.05, 3.63) is 29.3 Å². The summed E-state index contributed by atoms with van der Waals surface area (Å²) in [5.74, 6) is 0.350. The summed E-state index contributed by atoms with van der Waals surface area (Å²) < 4.78 is 5.16. The molecule has 2 N–H and O–H groups in total. The van der Waals surface area contributed by atoms with Crippen molar-refractivity contribution in [2.24, 2.45) is 0 Å². The van der Waals surface area contributed by atoms with Crippen molar-refractivity contribution in [2.45, 2.75) is 39.3 Å². The summed E-state index contributed by atoms with van der Waals surface area (Å²) in [6.45, 7) is 6.90. The molecule has 0 aromatic heterocycles. The van der Waals surface area contributed by atoms with Crippen LogP contribution in [0.2, 0.25) is 0 Å². The van der Waals surface area contributed by atoms with E-state index in [-0.39, 0.29) is 6.04 Å². The molecule has 0 aliphatic heterocycles. The largest absolute Gasteiger partial charge is 0.508 e. The van der Waals surface area contributed by atoms with Gasteiger partial charge < -0.3 is 15.2 Å². The lowest BCUT2D eigenvalue weighted by Crippen LogP contribution is -2.34. The molecule has 0 saturated heterocycles. The minimum Gasteiger partial charge on any atom is -0.508 e. The quantitative estimate of drug-likeness (QED) is 0.799. The van der Waals surface area contributed by atoms with E-state index in [1.54, 1.807) is 13.2 Å². The number of aryl methyl sites for hydroxylation is 1. The van der Waals surface area contributed by atoms with Gasteiger partial charge in [0.15, 0.2) is 0 Å². The molecule has 0 heterocycles. The van der Waals surface area contributed by atoms with E-state index in [1.807, 2.05) is 19.1 Å². The fourth-order valence-electron chi connectivity index (χ4n) is 1.95. The molecule has 0 aliphatic carbocycles. The molecule has 0 fully saturated rings. The minimum absolute atomic E-state index is 0.120. The molecular weight excluding hydrogens is 214 g/mol. The predicted octanol–water partition coefficient (Wildman–Crippen LogP) is 2.78. The summed E-state index contributed by atoms with van der Waals surface area (Å²) in [6, 6.07) is 6.12. The maximum Gasteiger partial charge on any atom is 0.120 e. The van der Waals surface area contributed by atoms with Crippen LogP contribution in [0.1, 0.15) is 37.4 Å². The lowest BCUT2D eigenvalue weighted by molar-refractivity contribution is 0.159. The Labute approximate surface area is 104 Å². The highest BCUT2D eigenvalue weighted by Gasteiger charge is 2.14. The molecule has 0 saturated carbocycles. The van der Waals surface area contributed by atoms with Crippen molar-refractivity contribution in [3.63, 3.8) is 0 Å². The molecule has 2 unspecified atom stereocenters. The number of aromatic hydroxyl groups is 1. The molecule has 0 aliphatic rings. The lowest BCUT2D eigenvalue weighted by Gasteiger charge is -2.22. The van der Waals surface area contributed by atoms with Gasteiger partial charge in [-0.15, -0.1) is 0 Å². The second-order valence-electron chi connectivity index (χ2n) is 4.51. The number of rotatable bonds is 6. The number of ether oxygens (including phenoxy) is 1. The van der Waals surface area contributed by atoms with Gasteiger partial charge in [-0.1, -0.05) is 24.6 Å². The van der Waals surface area contributed by atoms with Crippen LogP contribution < -0.4 is 5.32 Å². The van der Waals surface area contributed by atoms with Gasteiger partial charge in [0, 0.05) is 24.8 Å². The average molecular weight is 237 g/mol. The SMILES string of the molecule is CCC(COC)NC(C)c1cc(C)ccc1O. The van der Waals surface area contributed by atoms with Crippen LogP contribution in [0, 0.1) is 6.92 Å². The highest BCUT2D eigenvalue weighted by atomic mass is 16.5. The van der Waals surface area contributed by atoms with E-state index in [0.29, 0.717) is 18.4 Å². The maximum atomic E-state index is 9.85. The Morgan fingerprint density at radius 3 is 2.71 bits per heavy atom. The van der Waals surface area contributed by atoms with Crippen LogP contribution in [0.3, 0.4) is 0 Å². The van der Waals surface area contributed by atoms with Crippen LogP contribution in [-0.2, 0) is 4.74 Å². The van der Waals surface area contributed by atoms with Crippen molar-refractivity contribution in [1.29, 1.82) is 0 Å². The Bertz CT molecular complexity index is 352. The zero-order valence-electron chi connectivity index (χ0n) is 11.2. The van der Waals surface area contributed by atoms with E-state index in [0.717, 1.165) is 17.5 Å². The zero-order chi connectivity index (χ0) is 12.8. The average Bonchev–Trinajstić information content (AvgIpc) is 2.31. The van der Waals surface area contributed by atoms with Crippen LogP contribution in [0.4, 0.5) is 0 Å². The molecule has 0 amide bonds. The molecule has 1 aromatic rings. The van der Waals surface area contributed by atoms with Crippen LogP contribution in [0.25, 0.3) is 0 Å². The molecular formula is C14H23NO2. The number of methoxy groups -OCH3 is 1. The summed E-state index contributed by atoms with van der Waals surface area (Å²) >= 11 is 0. The van der Waals surface area contributed by atoms with Crippen LogP contribution in [0.15, 0.2) is 18.2 Å². The van der Waals surface area contributed by atoms with Gasteiger partial charge in [0.25, 0.3) is 0 Å². The highest BCUT2D eigenvalue weighted by molar-refractivity contribution is 5.37. The first-order chi connectivity index (χ1) is 8.08. The Balaban J connectivity index is 2.74. The molecule has 0 spiro atoms. The second kappa shape index (κ2) is 6.62. The van der Waals surface area contributed by atoms with Crippen molar-refractivity contribution >= 4 is 0 Å². The van der Waals surface area contributed by atoms with Crippen molar-refractivity contribution in [1.82, 2.24) is 5.32 Å². The van der Waals surface area contributed by atoms with Gasteiger partial charge in [-0.05, 0) is 26.3 Å². The van der Waals surface area contributed by atoms with Crippen LogP contribution in [0.5, 0.6) is 5.75 Å². The second-order valence-corrected chi connectivity index (χ2v) is 4.51. The zero-order valence-corrected chi connectivity index (χ0v) is 11.2. The molecule has 96 valence electrons. The molecule has 3 heteroatoms. The number of hydrogen-bond acceptors (Lipinski definition) is 3. The van der Waals surface area contributed by atoms with E-state index in [4.69, 9.17) is 4.74 Å². The summed E-state index contributed by atoms with van der Waals surface area (Å²) in [4.78, 5) is 0. The van der Waals surface area contributed by atoms with E-state index < -0.39 is 0 Å². The topological polar surface area (TPSA) is 41.5 Å². The first-order valence-corrected chi connectivity index (χ1v) is 6.13.